The number of halogens is 1. The van der Waals surface area contributed by atoms with Gasteiger partial charge in [0.1, 0.15) is 5.52 Å². The Morgan fingerprint density at radius 3 is 2.74 bits per heavy atom. The fourth-order valence-corrected chi connectivity index (χ4v) is 2.04. The summed E-state index contributed by atoms with van der Waals surface area (Å²) in [6.45, 7) is 0. The van der Waals surface area contributed by atoms with Crippen molar-refractivity contribution in [1.29, 1.82) is 0 Å². The first-order valence-electron chi connectivity index (χ1n) is 5.60. The largest absolute Gasteiger partial charge is 0.504 e. The van der Waals surface area contributed by atoms with Crippen LogP contribution in [0.3, 0.4) is 0 Å². The van der Waals surface area contributed by atoms with Crippen LogP contribution in [0.25, 0.3) is 11.0 Å². The van der Waals surface area contributed by atoms with E-state index in [0.29, 0.717) is 17.0 Å². The Bertz CT molecular complexity index is 746. The highest BCUT2D eigenvalue weighted by molar-refractivity contribution is 9.10. The van der Waals surface area contributed by atoms with E-state index >= 15 is 0 Å². The highest BCUT2D eigenvalue weighted by Gasteiger charge is 2.08. The molecule has 0 bridgehead atoms. The van der Waals surface area contributed by atoms with Crippen LogP contribution in [0.15, 0.2) is 53.3 Å². The van der Waals surface area contributed by atoms with Crippen LogP contribution < -0.4 is 4.74 Å². The molecule has 2 heterocycles. The van der Waals surface area contributed by atoms with Gasteiger partial charge >= 0.3 is 0 Å². The van der Waals surface area contributed by atoms with Crippen LogP contribution in [0.2, 0.25) is 0 Å². The van der Waals surface area contributed by atoms with Crippen LogP contribution in [0.1, 0.15) is 0 Å². The van der Waals surface area contributed by atoms with E-state index < -0.39 is 0 Å². The molecule has 0 aliphatic carbocycles. The summed E-state index contributed by atoms with van der Waals surface area (Å²) in [6, 6.07) is 10.4. The molecule has 2 aromatic heterocycles. The molecule has 0 aliphatic rings. The van der Waals surface area contributed by atoms with Crippen LogP contribution in [0.5, 0.6) is 17.2 Å². The first kappa shape index (κ1) is 11.9. The van der Waals surface area contributed by atoms with Gasteiger partial charge in [0.25, 0.3) is 0 Å². The van der Waals surface area contributed by atoms with Gasteiger partial charge in [0.2, 0.25) is 0 Å². The van der Waals surface area contributed by atoms with Gasteiger partial charge in [-0.2, -0.15) is 0 Å². The molecule has 0 unspecified atom stereocenters. The van der Waals surface area contributed by atoms with Gasteiger partial charge in [-0.25, -0.2) is 4.98 Å². The summed E-state index contributed by atoms with van der Waals surface area (Å²) in [6.07, 6.45) is 3.33. The van der Waals surface area contributed by atoms with Gasteiger partial charge in [-0.3, -0.25) is 4.98 Å². The zero-order valence-electron chi connectivity index (χ0n) is 9.75. The summed E-state index contributed by atoms with van der Waals surface area (Å²) >= 11 is 3.35. The lowest BCUT2D eigenvalue weighted by Crippen LogP contribution is -1.90. The van der Waals surface area contributed by atoms with Crippen molar-refractivity contribution in [2.75, 3.05) is 0 Å². The maximum atomic E-state index is 9.72. The number of phenols is 1. The average Bonchev–Trinajstić information content (AvgIpc) is 2.41. The number of ether oxygens (including phenoxy) is 1. The first-order chi connectivity index (χ1) is 9.24. The number of benzene rings is 1. The van der Waals surface area contributed by atoms with Crippen LogP contribution in [0.4, 0.5) is 0 Å². The minimum absolute atomic E-state index is 0.0876. The van der Waals surface area contributed by atoms with Gasteiger partial charge in [-0.1, -0.05) is 12.1 Å². The fraction of sp³-hybridized carbons (Fsp3) is 0. The molecular weight excluding hydrogens is 308 g/mol. The lowest BCUT2D eigenvalue weighted by Gasteiger charge is -2.09. The van der Waals surface area contributed by atoms with Crippen molar-refractivity contribution in [3.63, 3.8) is 0 Å². The van der Waals surface area contributed by atoms with Crippen molar-refractivity contribution in [3.05, 3.63) is 53.3 Å². The number of nitrogens with zero attached hydrogens (tertiary/aromatic N) is 2. The molecule has 0 atom stereocenters. The molecule has 0 saturated heterocycles. The molecule has 94 valence electrons. The SMILES string of the molecule is Oc1ccccc1Oc1ccnc2cc(Br)cnc12. The molecule has 5 heteroatoms. The Hall–Kier alpha value is -2.14. The number of fused-ring (bicyclic) bond motifs is 1. The van der Waals surface area contributed by atoms with Crippen molar-refractivity contribution in [3.8, 4) is 17.2 Å². The highest BCUT2D eigenvalue weighted by atomic mass is 79.9. The second-order valence-corrected chi connectivity index (χ2v) is 4.82. The summed E-state index contributed by atoms with van der Waals surface area (Å²) in [4.78, 5) is 8.52. The van der Waals surface area contributed by atoms with E-state index in [1.54, 1.807) is 42.7 Å². The van der Waals surface area contributed by atoms with Gasteiger partial charge in [0.05, 0.1) is 5.52 Å². The molecule has 0 radical (unpaired) electrons. The molecule has 1 aromatic carbocycles. The van der Waals surface area contributed by atoms with Crippen molar-refractivity contribution in [2.24, 2.45) is 0 Å². The third-order valence-electron chi connectivity index (χ3n) is 2.59. The Kier molecular flexibility index (Phi) is 3.05. The van der Waals surface area contributed by atoms with Crippen LogP contribution >= 0.6 is 15.9 Å². The lowest BCUT2D eigenvalue weighted by atomic mass is 10.3. The molecule has 19 heavy (non-hydrogen) atoms. The predicted molar refractivity (Wildman–Crippen MR) is 75.4 cm³/mol. The predicted octanol–water partition coefficient (Wildman–Crippen LogP) is 3.89. The monoisotopic (exact) mass is 316 g/mol. The van der Waals surface area contributed by atoms with Gasteiger partial charge in [-0.05, 0) is 34.1 Å². The number of phenolic OH excluding ortho intramolecular Hbond substituents is 1. The Morgan fingerprint density at radius 1 is 1.05 bits per heavy atom. The summed E-state index contributed by atoms with van der Waals surface area (Å²) in [5.41, 5.74) is 1.37. The quantitative estimate of drug-likeness (QED) is 0.779. The zero-order chi connectivity index (χ0) is 13.2. The van der Waals surface area contributed by atoms with Gasteiger partial charge in [-0.15, -0.1) is 0 Å². The smallest absolute Gasteiger partial charge is 0.169 e. The fourth-order valence-electron chi connectivity index (χ4n) is 1.73. The Balaban J connectivity index is 2.09. The molecule has 0 aliphatic heterocycles. The van der Waals surface area contributed by atoms with Crippen molar-refractivity contribution < 1.29 is 9.84 Å². The van der Waals surface area contributed by atoms with Gasteiger partial charge < -0.3 is 9.84 Å². The normalized spacial score (nSPS) is 10.6. The van der Waals surface area contributed by atoms with Gasteiger partial charge in [0.15, 0.2) is 17.2 Å². The highest BCUT2D eigenvalue weighted by Crippen LogP contribution is 2.33. The van der Waals surface area contributed by atoms with Crippen molar-refractivity contribution in [1.82, 2.24) is 9.97 Å². The number of hydrogen-bond donors (Lipinski definition) is 1. The van der Waals surface area contributed by atoms with Crippen LogP contribution in [-0.2, 0) is 0 Å². The third kappa shape index (κ3) is 2.37. The third-order valence-corrected chi connectivity index (χ3v) is 3.03. The first-order valence-corrected chi connectivity index (χ1v) is 6.39. The number of pyridine rings is 2. The Morgan fingerprint density at radius 2 is 1.89 bits per heavy atom. The van der Waals surface area contributed by atoms with E-state index in [9.17, 15) is 5.11 Å². The summed E-state index contributed by atoms with van der Waals surface area (Å²) in [5, 5.41) is 9.72. The Labute approximate surface area is 117 Å². The average molecular weight is 317 g/mol. The second kappa shape index (κ2) is 4.85. The molecule has 3 aromatic rings. The van der Waals surface area contributed by atoms with Crippen LogP contribution in [0, 0.1) is 0 Å². The number of hydrogen-bond acceptors (Lipinski definition) is 4. The van der Waals surface area contributed by atoms with Crippen LogP contribution in [-0.4, -0.2) is 15.1 Å². The van der Waals surface area contributed by atoms with E-state index in [1.165, 1.54) is 0 Å². The van der Waals surface area contributed by atoms with E-state index in [-0.39, 0.29) is 5.75 Å². The minimum atomic E-state index is 0.0876. The molecule has 0 amide bonds. The molecule has 4 nitrogen and oxygen atoms in total. The standard InChI is InChI=1S/C14H9BrN2O2/c15-9-7-10-14(17-8-9)13(5-6-16-10)19-12-4-2-1-3-11(12)18/h1-8,18H. The summed E-state index contributed by atoms with van der Waals surface area (Å²) in [7, 11) is 0. The number of rotatable bonds is 2. The van der Waals surface area contributed by atoms with Crippen molar-refractivity contribution in [2.45, 2.75) is 0 Å². The molecule has 0 saturated carbocycles. The number of aromatic hydroxyl groups is 1. The summed E-state index contributed by atoms with van der Waals surface area (Å²) in [5.74, 6) is 1.03. The minimum Gasteiger partial charge on any atom is -0.504 e. The van der Waals surface area contributed by atoms with E-state index in [4.69, 9.17) is 4.74 Å². The molecule has 3 rings (SSSR count). The van der Waals surface area contributed by atoms with E-state index in [0.717, 1.165) is 9.99 Å². The summed E-state index contributed by atoms with van der Waals surface area (Å²) < 4.78 is 6.55. The maximum absolute atomic E-state index is 9.72. The second-order valence-electron chi connectivity index (χ2n) is 3.90. The van der Waals surface area contributed by atoms with E-state index in [2.05, 4.69) is 25.9 Å². The lowest BCUT2D eigenvalue weighted by molar-refractivity contribution is 0.413. The molecular formula is C14H9BrN2O2. The van der Waals surface area contributed by atoms with Gasteiger partial charge in [0, 0.05) is 22.9 Å². The number of para-hydroxylation sites is 2. The van der Waals surface area contributed by atoms with Crippen molar-refractivity contribution >= 4 is 27.0 Å². The number of aromatic nitrogens is 2. The molecule has 0 spiro atoms. The maximum Gasteiger partial charge on any atom is 0.169 e. The zero-order valence-corrected chi connectivity index (χ0v) is 11.3. The molecule has 1 N–H and O–H groups in total. The van der Waals surface area contributed by atoms with E-state index in [1.807, 2.05) is 6.07 Å². The molecule has 0 fully saturated rings. The topological polar surface area (TPSA) is 55.2 Å².